The minimum absolute atomic E-state index is 0.000729. The van der Waals surface area contributed by atoms with Gasteiger partial charge >= 0.3 is 5.97 Å². The number of hydrogen-bond donors (Lipinski definition) is 1. The van der Waals surface area contributed by atoms with Crippen LogP contribution >= 0.6 is 0 Å². The first-order valence-corrected chi connectivity index (χ1v) is 11.0. The summed E-state index contributed by atoms with van der Waals surface area (Å²) in [6, 6.07) is 10.1. The van der Waals surface area contributed by atoms with Crippen LogP contribution in [0.2, 0.25) is 0 Å². The molecule has 160 valence electrons. The Morgan fingerprint density at radius 2 is 1.69 bits per heavy atom. The Bertz CT molecular complexity index is 650. The summed E-state index contributed by atoms with van der Waals surface area (Å²) in [5.74, 6) is -0.116. The molecule has 1 aromatic rings. The van der Waals surface area contributed by atoms with Gasteiger partial charge in [0.2, 0.25) is 0 Å². The van der Waals surface area contributed by atoms with Crippen molar-refractivity contribution in [2.24, 2.45) is 0 Å². The van der Waals surface area contributed by atoms with Crippen LogP contribution in [0.15, 0.2) is 30.3 Å². The molecule has 1 aromatic carbocycles. The average Bonchev–Trinajstić information content (AvgIpc) is 3.48. The molecule has 3 aliphatic rings. The number of aliphatic hydroxyl groups is 1. The molecule has 3 fully saturated rings. The van der Waals surface area contributed by atoms with Gasteiger partial charge in [0.1, 0.15) is 6.10 Å². The highest BCUT2D eigenvalue weighted by Crippen LogP contribution is 2.36. The van der Waals surface area contributed by atoms with Gasteiger partial charge in [-0.3, -0.25) is 4.79 Å². The van der Waals surface area contributed by atoms with Crippen molar-refractivity contribution >= 4 is 5.97 Å². The Morgan fingerprint density at radius 1 is 0.966 bits per heavy atom. The molecule has 6 heteroatoms. The van der Waals surface area contributed by atoms with E-state index < -0.39 is 6.10 Å². The topological polar surface area (TPSA) is 74.2 Å². The number of cyclic esters (lactones) is 1. The summed E-state index contributed by atoms with van der Waals surface area (Å²) < 4.78 is 23.3. The van der Waals surface area contributed by atoms with E-state index in [1.54, 1.807) is 0 Å². The summed E-state index contributed by atoms with van der Waals surface area (Å²) >= 11 is 0. The van der Waals surface area contributed by atoms with Crippen LogP contribution in [0.1, 0.15) is 56.9 Å². The molecule has 4 rings (SSSR count). The van der Waals surface area contributed by atoms with Crippen molar-refractivity contribution in [3.8, 4) is 0 Å². The van der Waals surface area contributed by atoms with Crippen LogP contribution in [0.25, 0.3) is 0 Å². The zero-order valence-electron chi connectivity index (χ0n) is 16.9. The van der Waals surface area contributed by atoms with E-state index in [0.717, 1.165) is 44.1 Å². The third kappa shape index (κ3) is 5.57. The van der Waals surface area contributed by atoms with Crippen LogP contribution in [0.4, 0.5) is 0 Å². The van der Waals surface area contributed by atoms with Crippen molar-refractivity contribution in [3.63, 3.8) is 0 Å². The minimum Gasteiger partial charge on any atom is -0.460 e. The Labute approximate surface area is 172 Å². The van der Waals surface area contributed by atoms with Gasteiger partial charge in [0.15, 0.2) is 0 Å². The molecule has 0 unspecified atom stereocenters. The molecule has 0 aromatic heterocycles. The molecule has 0 aliphatic carbocycles. The molecule has 0 spiro atoms. The van der Waals surface area contributed by atoms with E-state index in [2.05, 4.69) is 0 Å². The summed E-state index contributed by atoms with van der Waals surface area (Å²) in [5, 5.41) is 10.5. The number of carbonyl (C=O) groups is 1. The van der Waals surface area contributed by atoms with Gasteiger partial charge in [0.05, 0.1) is 37.1 Å². The lowest BCUT2D eigenvalue weighted by Gasteiger charge is -2.24. The van der Waals surface area contributed by atoms with E-state index in [0.29, 0.717) is 26.1 Å². The number of esters is 1. The fourth-order valence-corrected chi connectivity index (χ4v) is 4.64. The first-order chi connectivity index (χ1) is 14.2. The van der Waals surface area contributed by atoms with Gasteiger partial charge < -0.3 is 24.1 Å². The number of aliphatic hydroxyl groups excluding tert-OH is 1. The van der Waals surface area contributed by atoms with Gasteiger partial charge in [0, 0.05) is 13.0 Å². The number of carbonyl (C=O) groups excluding carboxylic acids is 1. The molecule has 29 heavy (non-hydrogen) atoms. The third-order valence-electron chi connectivity index (χ3n) is 6.24. The molecule has 0 radical (unpaired) electrons. The first-order valence-electron chi connectivity index (χ1n) is 11.0. The van der Waals surface area contributed by atoms with E-state index in [1.165, 1.54) is 0 Å². The molecule has 0 bridgehead atoms. The van der Waals surface area contributed by atoms with Crippen LogP contribution in [-0.4, -0.2) is 54.3 Å². The largest absolute Gasteiger partial charge is 0.460 e. The lowest BCUT2D eigenvalue weighted by Crippen LogP contribution is -2.33. The summed E-state index contributed by atoms with van der Waals surface area (Å²) in [5.41, 5.74) is 1.16. The van der Waals surface area contributed by atoms with Crippen LogP contribution in [0.3, 0.4) is 0 Å². The maximum absolute atomic E-state index is 11.3. The van der Waals surface area contributed by atoms with Crippen LogP contribution < -0.4 is 0 Å². The zero-order valence-corrected chi connectivity index (χ0v) is 16.9. The van der Waals surface area contributed by atoms with Crippen LogP contribution in [0.5, 0.6) is 0 Å². The minimum atomic E-state index is -0.465. The predicted octanol–water partition coefficient (Wildman–Crippen LogP) is 3.15. The first kappa shape index (κ1) is 20.8. The van der Waals surface area contributed by atoms with Crippen LogP contribution in [0, 0.1) is 0 Å². The molecule has 6 atom stereocenters. The lowest BCUT2D eigenvalue weighted by atomic mass is 10.0. The highest BCUT2D eigenvalue weighted by molar-refractivity contribution is 5.71. The highest BCUT2D eigenvalue weighted by Gasteiger charge is 2.43. The van der Waals surface area contributed by atoms with Gasteiger partial charge in [-0.05, 0) is 50.5 Å². The van der Waals surface area contributed by atoms with E-state index in [1.807, 2.05) is 30.3 Å². The second-order valence-corrected chi connectivity index (χ2v) is 8.40. The summed E-state index contributed by atoms with van der Waals surface area (Å²) in [7, 11) is 0. The predicted molar refractivity (Wildman–Crippen MR) is 106 cm³/mol. The smallest absolute Gasteiger partial charge is 0.306 e. The molecule has 6 nitrogen and oxygen atoms in total. The SMILES string of the molecule is O=C1CC[C@@H]([C@H]2CC[C@H]([C@@H]3CC[C@H]([C@@H](O)CCCOCc4ccccc4)O3)O2)O1. The van der Waals surface area contributed by atoms with Gasteiger partial charge in [-0.2, -0.15) is 0 Å². The number of rotatable bonds is 9. The van der Waals surface area contributed by atoms with Gasteiger partial charge in [-0.1, -0.05) is 30.3 Å². The molecular formula is C23H32O6. The fraction of sp³-hybridized carbons (Fsp3) is 0.696. The molecule has 3 aliphatic heterocycles. The number of ether oxygens (including phenoxy) is 4. The molecule has 3 heterocycles. The maximum Gasteiger partial charge on any atom is 0.306 e. The Balaban J connectivity index is 1.12. The van der Waals surface area contributed by atoms with E-state index >= 15 is 0 Å². The summed E-state index contributed by atoms with van der Waals surface area (Å²) in [6.07, 6.45) is 5.76. The lowest BCUT2D eigenvalue weighted by molar-refractivity contribution is -0.149. The molecular weight excluding hydrogens is 372 g/mol. The highest BCUT2D eigenvalue weighted by atomic mass is 16.6. The van der Waals surface area contributed by atoms with Crippen molar-refractivity contribution in [1.82, 2.24) is 0 Å². The fourth-order valence-electron chi connectivity index (χ4n) is 4.64. The third-order valence-corrected chi connectivity index (χ3v) is 6.24. The number of benzene rings is 1. The van der Waals surface area contributed by atoms with E-state index in [4.69, 9.17) is 18.9 Å². The van der Waals surface area contributed by atoms with Crippen molar-refractivity contribution in [2.75, 3.05) is 6.61 Å². The second kappa shape index (κ2) is 10.0. The normalized spacial score (nSPS) is 33.1. The number of hydrogen-bond acceptors (Lipinski definition) is 6. The molecule has 0 amide bonds. The van der Waals surface area contributed by atoms with Crippen molar-refractivity contribution in [2.45, 2.75) is 94.6 Å². The molecule has 1 N–H and O–H groups in total. The average molecular weight is 405 g/mol. The van der Waals surface area contributed by atoms with E-state index in [9.17, 15) is 9.90 Å². The van der Waals surface area contributed by atoms with Crippen molar-refractivity contribution in [1.29, 1.82) is 0 Å². The van der Waals surface area contributed by atoms with Crippen molar-refractivity contribution < 1.29 is 28.8 Å². The monoisotopic (exact) mass is 404 g/mol. The second-order valence-electron chi connectivity index (χ2n) is 8.40. The van der Waals surface area contributed by atoms with E-state index in [-0.39, 0.29) is 36.5 Å². The van der Waals surface area contributed by atoms with Crippen molar-refractivity contribution in [3.05, 3.63) is 35.9 Å². The van der Waals surface area contributed by atoms with Gasteiger partial charge in [-0.15, -0.1) is 0 Å². The Kier molecular flexibility index (Phi) is 7.19. The molecule has 0 saturated carbocycles. The quantitative estimate of drug-likeness (QED) is 0.503. The van der Waals surface area contributed by atoms with Gasteiger partial charge in [0.25, 0.3) is 0 Å². The zero-order chi connectivity index (χ0) is 20.1. The standard InChI is InChI=1S/C23H32O6/c24-17(7-4-14-26-15-16-5-2-1-3-6-16)18-8-9-19(27-18)20-10-11-21(28-20)22-12-13-23(25)29-22/h1-3,5-6,17-22,24H,4,7-15H2/t17-,18+,19-,20+,21+,22-/m0/s1. The Morgan fingerprint density at radius 3 is 2.45 bits per heavy atom. The Hall–Kier alpha value is -1.47. The molecule has 3 saturated heterocycles. The maximum atomic E-state index is 11.3. The van der Waals surface area contributed by atoms with Crippen LogP contribution in [-0.2, 0) is 30.3 Å². The summed E-state index contributed by atoms with van der Waals surface area (Å²) in [4.78, 5) is 11.3. The summed E-state index contributed by atoms with van der Waals surface area (Å²) in [6.45, 7) is 1.24. The van der Waals surface area contributed by atoms with Gasteiger partial charge in [-0.25, -0.2) is 0 Å².